The molecule has 1 aromatic carbocycles. The highest BCUT2D eigenvalue weighted by atomic mass is 16.2. The van der Waals surface area contributed by atoms with Gasteiger partial charge >= 0.3 is 6.03 Å². The number of hydrogen-bond donors (Lipinski definition) is 1. The molecule has 0 unspecified atom stereocenters. The van der Waals surface area contributed by atoms with E-state index in [1.54, 1.807) is 4.90 Å². The Morgan fingerprint density at radius 1 is 1.24 bits per heavy atom. The summed E-state index contributed by atoms with van der Waals surface area (Å²) in [4.78, 5) is 41.4. The minimum absolute atomic E-state index is 0.193. The number of amides is 4. The van der Waals surface area contributed by atoms with Crippen molar-refractivity contribution in [2.24, 2.45) is 11.3 Å². The summed E-state index contributed by atoms with van der Waals surface area (Å²) in [6.45, 7) is 10.8. The van der Waals surface area contributed by atoms with Crippen molar-refractivity contribution >= 4 is 23.5 Å². The van der Waals surface area contributed by atoms with Gasteiger partial charge in [0.25, 0.3) is 5.91 Å². The number of anilines is 1. The van der Waals surface area contributed by atoms with Crippen LogP contribution in [0.3, 0.4) is 0 Å². The van der Waals surface area contributed by atoms with Crippen molar-refractivity contribution in [3.63, 3.8) is 0 Å². The number of benzene rings is 1. The van der Waals surface area contributed by atoms with Crippen molar-refractivity contribution in [2.45, 2.75) is 65.8 Å². The van der Waals surface area contributed by atoms with Crippen LogP contribution in [0.1, 0.15) is 58.9 Å². The van der Waals surface area contributed by atoms with E-state index in [9.17, 15) is 14.4 Å². The van der Waals surface area contributed by atoms with Gasteiger partial charge in [-0.3, -0.25) is 14.5 Å². The third kappa shape index (κ3) is 4.16. The van der Waals surface area contributed by atoms with Crippen molar-refractivity contribution in [2.75, 3.05) is 18.0 Å². The molecule has 1 aliphatic heterocycles. The van der Waals surface area contributed by atoms with E-state index in [1.807, 2.05) is 38.1 Å². The van der Waals surface area contributed by atoms with Gasteiger partial charge in [0.1, 0.15) is 12.1 Å². The zero-order valence-electron chi connectivity index (χ0n) is 18.2. The standard InChI is InChI=1S/C23H33N3O3/c1-6-25(18-9-7-8-16(2)14-18)19(27)15-26-20(28)23(24-21(26)29)12-10-17(11-13-23)22(3,4)5/h7-9,14,17H,6,10-13,15H2,1-5H3,(H,24,29). The lowest BCUT2D eigenvalue weighted by molar-refractivity contribution is -0.135. The van der Waals surface area contributed by atoms with Gasteiger partial charge in [0.05, 0.1) is 0 Å². The van der Waals surface area contributed by atoms with E-state index >= 15 is 0 Å². The van der Waals surface area contributed by atoms with E-state index in [0.717, 1.165) is 29.0 Å². The van der Waals surface area contributed by atoms with E-state index in [-0.39, 0.29) is 23.8 Å². The highest BCUT2D eigenvalue weighted by Gasteiger charge is 2.53. The molecular weight excluding hydrogens is 366 g/mol. The average molecular weight is 400 g/mol. The molecule has 1 spiro atoms. The Balaban J connectivity index is 1.71. The Kier molecular flexibility index (Phi) is 5.74. The first kappa shape index (κ1) is 21.3. The number of carbonyl (C=O) groups is 3. The normalized spacial score (nSPS) is 24.7. The van der Waals surface area contributed by atoms with Gasteiger partial charge in [-0.15, -0.1) is 0 Å². The van der Waals surface area contributed by atoms with Crippen LogP contribution >= 0.6 is 0 Å². The Hall–Kier alpha value is -2.37. The fraction of sp³-hybridized carbons (Fsp3) is 0.609. The second kappa shape index (κ2) is 7.81. The van der Waals surface area contributed by atoms with Gasteiger partial charge in [0.15, 0.2) is 0 Å². The number of nitrogens with zero attached hydrogens (tertiary/aromatic N) is 2. The molecule has 2 fully saturated rings. The topological polar surface area (TPSA) is 69.7 Å². The zero-order valence-corrected chi connectivity index (χ0v) is 18.2. The molecule has 6 heteroatoms. The van der Waals surface area contributed by atoms with Crippen molar-refractivity contribution < 1.29 is 14.4 Å². The number of rotatable bonds is 4. The predicted molar refractivity (Wildman–Crippen MR) is 114 cm³/mol. The van der Waals surface area contributed by atoms with Gasteiger partial charge < -0.3 is 10.2 Å². The smallest absolute Gasteiger partial charge is 0.323 e. The first-order chi connectivity index (χ1) is 13.6. The molecular formula is C23H33N3O3. The number of urea groups is 1. The summed E-state index contributed by atoms with van der Waals surface area (Å²) in [5.74, 6) is 0.0379. The molecule has 0 bridgehead atoms. The SMILES string of the molecule is CCN(C(=O)CN1C(=O)NC2(CCC(C(C)(C)C)CC2)C1=O)c1cccc(C)c1. The molecule has 3 rings (SSSR count). The first-order valence-electron chi connectivity index (χ1n) is 10.6. The summed E-state index contributed by atoms with van der Waals surface area (Å²) >= 11 is 0. The number of imide groups is 1. The number of likely N-dealkylation sites (N-methyl/N-ethyl adjacent to an activating group) is 1. The van der Waals surface area contributed by atoms with Gasteiger partial charge in [0, 0.05) is 12.2 Å². The van der Waals surface area contributed by atoms with E-state index in [0.29, 0.717) is 25.3 Å². The van der Waals surface area contributed by atoms with E-state index in [1.165, 1.54) is 0 Å². The van der Waals surface area contributed by atoms with Crippen LogP contribution in [0.4, 0.5) is 10.5 Å². The van der Waals surface area contributed by atoms with Crippen LogP contribution in [0.2, 0.25) is 0 Å². The van der Waals surface area contributed by atoms with Crippen molar-refractivity contribution in [1.82, 2.24) is 10.2 Å². The first-order valence-corrected chi connectivity index (χ1v) is 10.6. The maximum Gasteiger partial charge on any atom is 0.325 e. The molecule has 6 nitrogen and oxygen atoms in total. The Morgan fingerprint density at radius 2 is 1.90 bits per heavy atom. The Labute approximate surface area is 173 Å². The molecule has 1 saturated carbocycles. The quantitative estimate of drug-likeness (QED) is 0.781. The summed E-state index contributed by atoms with van der Waals surface area (Å²) in [6, 6.07) is 7.23. The molecule has 1 aromatic rings. The lowest BCUT2D eigenvalue weighted by Gasteiger charge is -2.40. The third-order valence-corrected chi connectivity index (χ3v) is 6.53. The fourth-order valence-electron chi connectivity index (χ4n) is 4.65. The van der Waals surface area contributed by atoms with Crippen molar-refractivity contribution in [3.05, 3.63) is 29.8 Å². The van der Waals surface area contributed by atoms with E-state index in [2.05, 4.69) is 26.1 Å². The van der Waals surface area contributed by atoms with Crippen LogP contribution in [0.25, 0.3) is 0 Å². The van der Waals surface area contributed by atoms with Crippen LogP contribution in [-0.2, 0) is 9.59 Å². The zero-order chi connectivity index (χ0) is 21.4. The van der Waals surface area contributed by atoms with Crippen molar-refractivity contribution in [1.29, 1.82) is 0 Å². The number of aryl methyl sites for hydroxylation is 1. The fourth-order valence-corrected chi connectivity index (χ4v) is 4.65. The monoisotopic (exact) mass is 399 g/mol. The molecule has 158 valence electrons. The summed E-state index contributed by atoms with van der Waals surface area (Å²) in [6.07, 6.45) is 3.09. The molecule has 2 aliphatic rings. The molecule has 0 aromatic heterocycles. The Morgan fingerprint density at radius 3 is 2.45 bits per heavy atom. The van der Waals surface area contributed by atoms with Gasteiger partial charge in [-0.1, -0.05) is 32.9 Å². The summed E-state index contributed by atoms with van der Waals surface area (Å²) < 4.78 is 0. The molecule has 29 heavy (non-hydrogen) atoms. The molecule has 4 amide bonds. The van der Waals surface area contributed by atoms with Gasteiger partial charge in [-0.2, -0.15) is 0 Å². The Bertz CT molecular complexity index is 804. The third-order valence-electron chi connectivity index (χ3n) is 6.53. The van der Waals surface area contributed by atoms with Crippen LogP contribution in [0.5, 0.6) is 0 Å². The molecule has 1 saturated heterocycles. The van der Waals surface area contributed by atoms with Gasteiger partial charge in [-0.05, 0) is 68.6 Å². The maximum atomic E-state index is 13.2. The average Bonchev–Trinajstić information content (AvgIpc) is 2.86. The second-order valence-corrected chi connectivity index (χ2v) is 9.52. The van der Waals surface area contributed by atoms with Gasteiger partial charge in [0.2, 0.25) is 5.91 Å². The predicted octanol–water partition coefficient (Wildman–Crippen LogP) is 3.87. The van der Waals surface area contributed by atoms with E-state index in [4.69, 9.17) is 0 Å². The van der Waals surface area contributed by atoms with E-state index < -0.39 is 11.6 Å². The van der Waals surface area contributed by atoms with Crippen LogP contribution < -0.4 is 10.2 Å². The molecule has 1 aliphatic carbocycles. The lowest BCUT2D eigenvalue weighted by atomic mass is 9.67. The minimum Gasteiger partial charge on any atom is -0.323 e. The highest BCUT2D eigenvalue weighted by molar-refractivity contribution is 6.10. The van der Waals surface area contributed by atoms with Gasteiger partial charge in [-0.25, -0.2) is 4.79 Å². The minimum atomic E-state index is -0.834. The summed E-state index contributed by atoms with van der Waals surface area (Å²) in [5, 5.41) is 2.92. The molecule has 0 radical (unpaired) electrons. The van der Waals surface area contributed by atoms with Crippen LogP contribution in [0, 0.1) is 18.3 Å². The van der Waals surface area contributed by atoms with Crippen LogP contribution in [-0.4, -0.2) is 41.4 Å². The number of hydrogen-bond acceptors (Lipinski definition) is 3. The largest absolute Gasteiger partial charge is 0.325 e. The number of carbonyl (C=O) groups excluding carboxylic acids is 3. The highest BCUT2D eigenvalue weighted by Crippen LogP contribution is 2.43. The lowest BCUT2D eigenvalue weighted by Crippen LogP contribution is -2.51. The summed E-state index contributed by atoms with van der Waals surface area (Å²) in [5.41, 5.74) is 1.20. The van der Waals surface area contributed by atoms with Crippen LogP contribution in [0.15, 0.2) is 24.3 Å². The molecule has 1 heterocycles. The molecule has 0 atom stereocenters. The summed E-state index contributed by atoms with van der Waals surface area (Å²) in [7, 11) is 0. The van der Waals surface area contributed by atoms with Crippen molar-refractivity contribution in [3.8, 4) is 0 Å². The number of nitrogens with one attached hydrogen (secondary N) is 1. The molecule has 1 N–H and O–H groups in total. The second-order valence-electron chi connectivity index (χ2n) is 9.52. The maximum absolute atomic E-state index is 13.2.